The number of aryl methyl sites for hydroxylation is 1. The number of amides is 1. The maximum absolute atomic E-state index is 12.9. The second-order valence-electron chi connectivity index (χ2n) is 7.21. The van der Waals surface area contributed by atoms with E-state index in [0.717, 1.165) is 39.5 Å². The molecule has 2 N–H and O–H groups in total. The lowest BCUT2D eigenvalue weighted by Gasteiger charge is -2.15. The molecule has 2 heterocycles. The van der Waals surface area contributed by atoms with Crippen molar-refractivity contribution >= 4 is 28.6 Å². The summed E-state index contributed by atoms with van der Waals surface area (Å²) >= 11 is 0. The first-order valence-corrected chi connectivity index (χ1v) is 9.75. The van der Waals surface area contributed by atoms with Gasteiger partial charge in [-0.2, -0.15) is 0 Å². The van der Waals surface area contributed by atoms with Gasteiger partial charge < -0.3 is 15.2 Å². The Labute approximate surface area is 174 Å². The average Bonchev–Trinajstić information content (AvgIpc) is 3.35. The van der Waals surface area contributed by atoms with Crippen LogP contribution < -0.4 is 10.6 Å². The van der Waals surface area contributed by atoms with Crippen LogP contribution >= 0.6 is 0 Å². The molecule has 1 aliphatic rings. The van der Waals surface area contributed by atoms with Crippen molar-refractivity contribution in [2.75, 3.05) is 10.6 Å². The fourth-order valence-corrected chi connectivity index (χ4v) is 3.75. The van der Waals surface area contributed by atoms with Gasteiger partial charge in [0.05, 0.1) is 29.5 Å². The quantitative estimate of drug-likeness (QED) is 0.480. The molecule has 4 aromatic rings. The zero-order valence-corrected chi connectivity index (χ0v) is 16.5. The van der Waals surface area contributed by atoms with Gasteiger partial charge in [-0.15, -0.1) is 0 Å². The van der Waals surface area contributed by atoms with E-state index in [0.29, 0.717) is 5.57 Å². The number of hydrogen-bond donors (Lipinski definition) is 2. The summed E-state index contributed by atoms with van der Waals surface area (Å²) in [7, 11) is 1.97. The van der Waals surface area contributed by atoms with Crippen LogP contribution in [-0.2, 0) is 11.8 Å². The van der Waals surface area contributed by atoms with Crippen LogP contribution in [0.1, 0.15) is 11.1 Å². The number of nitrogens with one attached hydrogen (secondary N) is 2. The Morgan fingerprint density at radius 1 is 0.933 bits per heavy atom. The monoisotopic (exact) mass is 392 g/mol. The molecule has 0 saturated heterocycles. The molecule has 0 bridgehead atoms. The highest BCUT2D eigenvalue weighted by Crippen LogP contribution is 2.37. The van der Waals surface area contributed by atoms with E-state index >= 15 is 0 Å². The highest BCUT2D eigenvalue weighted by atomic mass is 16.2. The van der Waals surface area contributed by atoms with Gasteiger partial charge in [-0.25, -0.2) is 4.98 Å². The van der Waals surface area contributed by atoms with E-state index in [1.165, 1.54) is 0 Å². The van der Waals surface area contributed by atoms with Crippen LogP contribution in [0.2, 0.25) is 0 Å². The van der Waals surface area contributed by atoms with Crippen LogP contribution in [0, 0.1) is 0 Å². The molecule has 3 aromatic carbocycles. The van der Waals surface area contributed by atoms with Crippen LogP contribution in [0.5, 0.6) is 0 Å². The molecule has 1 aromatic heterocycles. The molecule has 0 atom stereocenters. The third-order valence-corrected chi connectivity index (χ3v) is 5.25. The number of benzene rings is 3. The number of carbonyl (C=O) groups is 1. The minimum atomic E-state index is -0.103. The van der Waals surface area contributed by atoms with Crippen LogP contribution in [0.4, 0.5) is 11.4 Å². The van der Waals surface area contributed by atoms with Gasteiger partial charge in [-0.3, -0.25) is 4.79 Å². The van der Waals surface area contributed by atoms with Crippen LogP contribution in [0.15, 0.2) is 91.4 Å². The normalized spacial score (nSPS) is 14.2. The Morgan fingerprint density at radius 3 is 2.40 bits per heavy atom. The molecular weight excluding hydrogens is 372 g/mol. The standard InChI is InChI=1S/C25H20N4O/c1-29-16-26-15-22(29)17-11-13-19(14-12-17)27-24(18-7-3-2-4-8-18)23-20-9-5-6-10-21(20)28-25(23)30/h2-16,27H,1H3,(H,28,30). The molecule has 1 amide bonds. The van der Waals surface area contributed by atoms with E-state index < -0.39 is 0 Å². The Kier molecular flexibility index (Phi) is 4.41. The van der Waals surface area contributed by atoms with Crippen molar-refractivity contribution in [3.05, 3.63) is 103 Å². The lowest BCUT2D eigenvalue weighted by Crippen LogP contribution is -2.10. The van der Waals surface area contributed by atoms with Crippen molar-refractivity contribution < 1.29 is 4.79 Å². The average molecular weight is 392 g/mol. The van der Waals surface area contributed by atoms with Crippen molar-refractivity contribution in [2.45, 2.75) is 0 Å². The fraction of sp³-hybridized carbons (Fsp3) is 0.0400. The predicted octanol–water partition coefficient (Wildman–Crippen LogP) is 5.02. The first-order valence-electron chi connectivity index (χ1n) is 9.75. The molecule has 0 aliphatic carbocycles. The fourth-order valence-electron chi connectivity index (χ4n) is 3.75. The molecule has 0 radical (unpaired) electrons. The summed E-state index contributed by atoms with van der Waals surface area (Å²) in [4.78, 5) is 17.1. The largest absolute Gasteiger partial charge is 0.354 e. The topological polar surface area (TPSA) is 59.0 Å². The van der Waals surface area contributed by atoms with E-state index in [-0.39, 0.29) is 5.91 Å². The first-order chi connectivity index (χ1) is 14.7. The molecule has 0 fully saturated rings. The molecule has 146 valence electrons. The SMILES string of the molecule is Cn1cncc1-c1ccc(NC(=C2C(=O)Nc3ccccc32)c2ccccc2)cc1. The summed E-state index contributed by atoms with van der Waals surface area (Å²) in [5, 5.41) is 6.46. The Balaban J connectivity index is 1.58. The van der Waals surface area contributed by atoms with Crippen molar-refractivity contribution in [3.63, 3.8) is 0 Å². The van der Waals surface area contributed by atoms with E-state index in [9.17, 15) is 4.79 Å². The molecular formula is C25H20N4O. The minimum Gasteiger partial charge on any atom is -0.354 e. The molecule has 30 heavy (non-hydrogen) atoms. The molecule has 5 nitrogen and oxygen atoms in total. The number of carbonyl (C=O) groups excluding carboxylic acids is 1. The molecule has 5 rings (SSSR count). The molecule has 1 aliphatic heterocycles. The zero-order valence-electron chi connectivity index (χ0n) is 16.5. The number of hydrogen-bond acceptors (Lipinski definition) is 3. The summed E-state index contributed by atoms with van der Waals surface area (Å²) in [6, 6.07) is 25.8. The third kappa shape index (κ3) is 3.16. The van der Waals surface area contributed by atoms with Crippen molar-refractivity contribution in [1.29, 1.82) is 0 Å². The van der Waals surface area contributed by atoms with Crippen molar-refractivity contribution in [2.24, 2.45) is 7.05 Å². The van der Waals surface area contributed by atoms with E-state index in [2.05, 4.69) is 27.8 Å². The van der Waals surface area contributed by atoms with E-state index in [4.69, 9.17) is 0 Å². The van der Waals surface area contributed by atoms with Crippen LogP contribution in [-0.4, -0.2) is 15.5 Å². The summed E-state index contributed by atoms with van der Waals surface area (Å²) < 4.78 is 1.99. The molecule has 5 heteroatoms. The van der Waals surface area contributed by atoms with Gasteiger partial charge in [0, 0.05) is 24.0 Å². The van der Waals surface area contributed by atoms with Gasteiger partial charge in [0.1, 0.15) is 0 Å². The number of para-hydroxylation sites is 1. The van der Waals surface area contributed by atoms with Gasteiger partial charge in [-0.1, -0.05) is 60.7 Å². The second-order valence-corrected chi connectivity index (χ2v) is 7.21. The summed E-state index contributed by atoms with van der Waals surface area (Å²) in [5.41, 5.74) is 7.16. The maximum atomic E-state index is 12.9. The van der Waals surface area contributed by atoms with Gasteiger partial charge in [0.2, 0.25) is 0 Å². The van der Waals surface area contributed by atoms with Crippen LogP contribution in [0.3, 0.4) is 0 Å². The maximum Gasteiger partial charge on any atom is 0.258 e. The Bertz CT molecular complexity index is 1250. The highest BCUT2D eigenvalue weighted by Gasteiger charge is 2.28. The number of nitrogens with zero attached hydrogens (tertiary/aromatic N) is 2. The smallest absolute Gasteiger partial charge is 0.258 e. The Morgan fingerprint density at radius 2 is 1.67 bits per heavy atom. The number of anilines is 2. The third-order valence-electron chi connectivity index (χ3n) is 5.25. The van der Waals surface area contributed by atoms with Crippen LogP contribution in [0.25, 0.3) is 22.5 Å². The molecule has 0 unspecified atom stereocenters. The zero-order chi connectivity index (χ0) is 20.5. The first kappa shape index (κ1) is 17.9. The molecule has 0 saturated carbocycles. The number of fused-ring (bicyclic) bond motifs is 1. The van der Waals surface area contributed by atoms with Gasteiger partial charge in [-0.05, 0) is 29.3 Å². The Hall–Kier alpha value is -4.12. The van der Waals surface area contributed by atoms with Gasteiger partial charge >= 0.3 is 0 Å². The summed E-state index contributed by atoms with van der Waals surface area (Å²) in [6.45, 7) is 0. The minimum absolute atomic E-state index is 0.103. The predicted molar refractivity (Wildman–Crippen MR) is 121 cm³/mol. The van der Waals surface area contributed by atoms with E-state index in [1.807, 2.05) is 84.5 Å². The number of aromatic nitrogens is 2. The summed E-state index contributed by atoms with van der Waals surface area (Å²) in [6.07, 6.45) is 3.63. The lowest BCUT2D eigenvalue weighted by molar-refractivity contribution is -0.110. The van der Waals surface area contributed by atoms with Crippen molar-refractivity contribution in [3.8, 4) is 11.3 Å². The van der Waals surface area contributed by atoms with Gasteiger partial charge in [0.25, 0.3) is 5.91 Å². The van der Waals surface area contributed by atoms with E-state index in [1.54, 1.807) is 6.33 Å². The molecule has 0 spiro atoms. The summed E-state index contributed by atoms with van der Waals surface area (Å²) in [5.74, 6) is -0.103. The lowest BCUT2D eigenvalue weighted by atomic mass is 10.00. The highest BCUT2D eigenvalue weighted by molar-refractivity contribution is 6.37. The second kappa shape index (κ2) is 7.37. The van der Waals surface area contributed by atoms with Gasteiger partial charge in [0.15, 0.2) is 0 Å². The number of rotatable bonds is 4. The number of imidazole rings is 1. The van der Waals surface area contributed by atoms with Crippen molar-refractivity contribution in [1.82, 2.24) is 9.55 Å².